The van der Waals surface area contributed by atoms with E-state index < -0.39 is 11.5 Å². The molecule has 7 nitrogen and oxygen atoms in total. The molecule has 2 bridgehead atoms. The Morgan fingerprint density at radius 3 is 2.75 bits per heavy atom. The van der Waals surface area contributed by atoms with Crippen LogP contribution in [0.4, 0.5) is 10.2 Å². The Bertz CT molecular complexity index is 1670. The summed E-state index contributed by atoms with van der Waals surface area (Å²) in [5.41, 5.74) is 3.48. The van der Waals surface area contributed by atoms with Crippen molar-refractivity contribution in [3.8, 4) is 16.9 Å². The van der Waals surface area contributed by atoms with Crippen molar-refractivity contribution in [2.45, 2.75) is 65.5 Å². The van der Waals surface area contributed by atoms with Crippen molar-refractivity contribution in [2.75, 3.05) is 18.1 Å². The predicted octanol–water partition coefficient (Wildman–Crippen LogP) is 6.46. The summed E-state index contributed by atoms with van der Waals surface area (Å²) in [5.74, 6) is 0.600. The van der Waals surface area contributed by atoms with Gasteiger partial charge in [0.15, 0.2) is 5.65 Å². The molecule has 9 heteroatoms. The molecule has 40 heavy (non-hydrogen) atoms. The van der Waals surface area contributed by atoms with Crippen LogP contribution in [0.3, 0.4) is 0 Å². The summed E-state index contributed by atoms with van der Waals surface area (Å²) in [4.78, 5) is 30.7. The lowest BCUT2D eigenvalue weighted by Gasteiger charge is -2.38. The van der Waals surface area contributed by atoms with Gasteiger partial charge in [-0.05, 0) is 67.3 Å². The normalized spacial score (nSPS) is 19.3. The second kappa shape index (κ2) is 10.6. The van der Waals surface area contributed by atoms with E-state index in [1.165, 1.54) is 6.07 Å². The first-order valence-electron chi connectivity index (χ1n) is 14.0. The minimum atomic E-state index is -0.448. The largest absolute Gasteiger partial charge is 0.376 e. The fourth-order valence-electron chi connectivity index (χ4n) is 6.00. The SMILES string of the molecule is CC(C)c1nccc2c1-n1c(=O)nc(N3C[C@@H](C)CC[C@@H]3C)c3cc(Cl)c(nc31)-c1c(F)cccc1COCC2. The molecule has 2 atom stereocenters. The highest BCUT2D eigenvalue weighted by molar-refractivity contribution is 6.34. The number of piperidine rings is 1. The zero-order valence-corrected chi connectivity index (χ0v) is 24.0. The maximum Gasteiger partial charge on any atom is 0.355 e. The van der Waals surface area contributed by atoms with Gasteiger partial charge in [0.1, 0.15) is 11.6 Å². The zero-order chi connectivity index (χ0) is 28.1. The van der Waals surface area contributed by atoms with Crippen LogP contribution in [-0.4, -0.2) is 38.7 Å². The lowest BCUT2D eigenvalue weighted by Crippen LogP contribution is -2.43. The van der Waals surface area contributed by atoms with Gasteiger partial charge in [-0.2, -0.15) is 4.98 Å². The van der Waals surface area contributed by atoms with Gasteiger partial charge in [0.2, 0.25) is 0 Å². The molecule has 2 aliphatic heterocycles. The molecule has 0 saturated carbocycles. The van der Waals surface area contributed by atoms with Crippen molar-refractivity contribution in [1.82, 2.24) is 19.5 Å². The number of pyridine rings is 2. The lowest BCUT2D eigenvalue weighted by atomic mass is 9.95. The number of fused-ring (bicyclic) bond motifs is 5. The molecule has 0 N–H and O–H groups in total. The average Bonchev–Trinajstić information content (AvgIpc) is 2.92. The molecule has 0 radical (unpaired) electrons. The summed E-state index contributed by atoms with van der Waals surface area (Å²) in [6, 6.07) is 8.78. The summed E-state index contributed by atoms with van der Waals surface area (Å²) < 4.78 is 23.0. The number of aromatic nitrogens is 4. The Morgan fingerprint density at radius 1 is 1.12 bits per heavy atom. The summed E-state index contributed by atoms with van der Waals surface area (Å²) >= 11 is 6.91. The first kappa shape index (κ1) is 26.8. The highest BCUT2D eigenvalue weighted by Crippen LogP contribution is 2.39. The molecule has 0 spiro atoms. The molecule has 6 rings (SSSR count). The van der Waals surface area contributed by atoms with Crippen LogP contribution in [0.1, 0.15) is 63.3 Å². The Balaban J connectivity index is 1.76. The minimum absolute atomic E-state index is 0.0262. The number of rotatable bonds is 2. The van der Waals surface area contributed by atoms with Crippen LogP contribution in [-0.2, 0) is 17.8 Å². The van der Waals surface area contributed by atoms with Crippen molar-refractivity contribution >= 4 is 28.5 Å². The number of hydrogen-bond donors (Lipinski definition) is 0. The molecule has 1 saturated heterocycles. The molecule has 0 amide bonds. The van der Waals surface area contributed by atoms with Gasteiger partial charge in [-0.15, -0.1) is 0 Å². The number of halogens is 2. The quantitative estimate of drug-likeness (QED) is 0.280. The van der Waals surface area contributed by atoms with Crippen molar-refractivity contribution < 1.29 is 9.13 Å². The average molecular weight is 562 g/mol. The van der Waals surface area contributed by atoms with Gasteiger partial charge >= 0.3 is 5.69 Å². The minimum Gasteiger partial charge on any atom is -0.376 e. The summed E-state index contributed by atoms with van der Waals surface area (Å²) in [6.45, 7) is 9.82. The number of nitrogens with zero attached hydrogens (tertiary/aromatic N) is 5. The first-order chi connectivity index (χ1) is 19.2. The molecule has 5 heterocycles. The summed E-state index contributed by atoms with van der Waals surface area (Å²) in [5, 5.41) is 0.947. The van der Waals surface area contributed by atoms with Crippen LogP contribution in [0.15, 0.2) is 41.3 Å². The molecule has 0 unspecified atom stereocenters. The Hall–Kier alpha value is -3.36. The van der Waals surface area contributed by atoms with E-state index in [1.807, 2.05) is 26.0 Å². The molecular formula is C31H33ClFN5O2. The molecule has 208 valence electrons. The maximum absolute atomic E-state index is 15.4. The fraction of sp³-hybridized carbons (Fsp3) is 0.419. The van der Waals surface area contributed by atoms with Crippen molar-refractivity contribution in [3.63, 3.8) is 0 Å². The Kier molecular flexibility index (Phi) is 7.09. The van der Waals surface area contributed by atoms with Crippen molar-refractivity contribution in [1.29, 1.82) is 0 Å². The van der Waals surface area contributed by atoms with Gasteiger partial charge < -0.3 is 9.64 Å². The number of benzene rings is 1. The molecule has 1 fully saturated rings. The molecule has 3 aromatic heterocycles. The Morgan fingerprint density at radius 2 is 1.95 bits per heavy atom. The van der Waals surface area contributed by atoms with Crippen LogP contribution >= 0.6 is 11.6 Å². The van der Waals surface area contributed by atoms with Crippen LogP contribution in [0.2, 0.25) is 5.02 Å². The lowest BCUT2D eigenvalue weighted by molar-refractivity contribution is 0.124. The smallest absolute Gasteiger partial charge is 0.355 e. The molecule has 4 aromatic rings. The highest BCUT2D eigenvalue weighted by Gasteiger charge is 2.30. The summed E-state index contributed by atoms with van der Waals surface area (Å²) in [7, 11) is 0. The van der Waals surface area contributed by atoms with E-state index >= 15 is 4.39 Å². The molecular weight excluding hydrogens is 529 g/mol. The van der Waals surface area contributed by atoms with Gasteiger partial charge in [0.05, 0.1) is 40.7 Å². The summed E-state index contributed by atoms with van der Waals surface area (Å²) in [6.07, 6.45) is 4.42. The highest BCUT2D eigenvalue weighted by atomic mass is 35.5. The predicted molar refractivity (Wildman–Crippen MR) is 156 cm³/mol. The second-order valence-corrected chi connectivity index (χ2v) is 11.8. The van der Waals surface area contributed by atoms with E-state index in [0.717, 1.165) is 30.6 Å². The maximum atomic E-state index is 15.4. The van der Waals surface area contributed by atoms with Gasteiger partial charge in [-0.25, -0.2) is 18.7 Å². The van der Waals surface area contributed by atoms with Gasteiger partial charge in [-0.1, -0.05) is 44.5 Å². The van der Waals surface area contributed by atoms with Crippen LogP contribution < -0.4 is 10.6 Å². The standard InChI is InChI=1S/C31H33ClFN5O2/c1-17(2)26-28-20(10-12-34-26)11-13-40-16-21-6-5-7-24(33)25(21)27-23(32)14-22-29(36-31(39)38(28)30(22)35-27)37-15-18(3)8-9-19(37)4/h5-7,10,12,14,17-19H,8-9,11,13,15-16H2,1-4H3/t18-,19-/m0/s1. The van der Waals surface area contributed by atoms with Crippen LogP contribution in [0.25, 0.3) is 28.0 Å². The zero-order valence-electron chi connectivity index (χ0n) is 23.2. The van der Waals surface area contributed by atoms with Gasteiger partial charge in [0, 0.05) is 24.3 Å². The van der Waals surface area contributed by atoms with E-state index in [0.29, 0.717) is 47.0 Å². The molecule has 2 aliphatic rings. The van der Waals surface area contributed by atoms with E-state index in [-0.39, 0.29) is 34.8 Å². The van der Waals surface area contributed by atoms with E-state index in [4.69, 9.17) is 21.3 Å². The molecule has 0 aliphatic carbocycles. The molecule has 1 aromatic carbocycles. The van der Waals surface area contributed by atoms with Crippen molar-refractivity contribution in [3.05, 3.63) is 74.7 Å². The fourth-order valence-corrected chi connectivity index (χ4v) is 6.24. The monoisotopic (exact) mass is 561 g/mol. The number of ether oxygens (including phenoxy) is 1. The van der Waals surface area contributed by atoms with E-state index in [2.05, 4.69) is 28.7 Å². The van der Waals surface area contributed by atoms with Crippen LogP contribution in [0, 0.1) is 11.7 Å². The van der Waals surface area contributed by atoms with Crippen molar-refractivity contribution in [2.24, 2.45) is 5.92 Å². The Labute approximate surface area is 238 Å². The third-order valence-electron chi connectivity index (χ3n) is 8.11. The van der Waals surface area contributed by atoms with E-state index in [1.54, 1.807) is 22.9 Å². The second-order valence-electron chi connectivity index (χ2n) is 11.4. The van der Waals surface area contributed by atoms with E-state index in [9.17, 15) is 4.79 Å². The van der Waals surface area contributed by atoms with Gasteiger partial charge in [0.25, 0.3) is 0 Å². The number of hydrogen-bond acceptors (Lipinski definition) is 6. The number of anilines is 1. The third kappa shape index (κ3) is 4.57. The van der Waals surface area contributed by atoms with Crippen LogP contribution in [0.5, 0.6) is 0 Å². The first-order valence-corrected chi connectivity index (χ1v) is 14.4. The third-order valence-corrected chi connectivity index (χ3v) is 8.40. The van der Waals surface area contributed by atoms with Gasteiger partial charge in [-0.3, -0.25) is 4.98 Å². The topological polar surface area (TPSA) is 73.1 Å².